The van der Waals surface area contributed by atoms with E-state index in [1.807, 2.05) is 12.1 Å². The second-order valence-electron chi connectivity index (χ2n) is 5.85. The number of aliphatic hydroxyl groups is 1. The van der Waals surface area contributed by atoms with Gasteiger partial charge in [0.25, 0.3) is 0 Å². The van der Waals surface area contributed by atoms with Crippen LogP contribution >= 0.6 is 0 Å². The molecule has 1 saturated heterocycles. The van der Waals surface area contributed by atoms with Crippen molar-refractivity contribution in [2.24, 2.45) is 0 Å². The summed E-state index contributed by atoms with van der Waals surface area (Å²) in [5, 5.41) is 9.18. The molecular weight excluding hydrogens is 262 g/mol. The van der Waals surface area contributed by atoms with Gasteiger partial charge < -0.3 is 10.0 Å². The van der Waals surface area contributed by atoms with Gasteiger partial charge >= 0.3 is 0 Å². The number of hydrogen-bond donors (Lipinski definition) is 1. The summed E-state index contributed by atoms with van der Waals surface area (Å²) in [6, 6.07) is 8.07. The van der Waals surface area contributed by atoms with Crippen molar-refractivity contribution in [2.75, 3.05) is 18.0 Å². The Kier molecular flexibility index (Phi) is 3.11. The van der Waals surface area contributed by atoms with Crippen molar-refractivity contribution in [1.29, 1.82) is 0 Å². The van der Waals surface area contributed by atoms with Crippen molar-refractivity contribution in [3.63, 3.8) is 0 Å². The third-order valence-corrected chi connectivity index (χ3v) is 4.47. The molecule has 1 aromatic carbocycles. The predicted octanol–water partition coefficient (Wildman–Crippen LogP) is 2.33. The number of hydrogen-bond acceptors (Lipinski definition) is 4. The van der Waals surface area contributed by atoms with Crippen molar-refractivity contribution in [2.45, 2.75) is 32.3 Å². The minimum absolute atomic E-state index is 0.0845. The first kappa shape index (κ1) is 12.8. The van der Waals surface area contributed by atoms with Gasteiger partial charge in [0.05, 0.1) is 12.3 Å². The van der Waals surface area contributed by atoms with E-state index in [-0.39, 0.29) is 6.61 Å². The molecule has 4 heteroatoms. The van der Waals surface area contributed by atoms with Crippen LogP contribution in [0.4, 0.5) is 5.95 Å². The highest BCUT2D eigenvalue weighted by Crippen LogP contribution is 2.32. The van der Waals surface area contributed by atoms with Crippen LogP contribution in [0.2, 0.25) is 0 Å². The number of aromatic nitrogens is 2. The van der Waals surface area contributed by atoms with Gasteiger partial charge in [-0.3, -0.25) is 0 Å². The van der Waals surface area contributed by atoms with Gasteiger partial charge in [0.1, 0.15) is 0 Å². The molecule has 0 bridgehead atoms. The Hall–Kier alpha value is -1.94. The van der Waals surface area contributed by atoms with E-state index in [0.29, 0.717) is 0 Å². The number of benzene rings is 1. The molecule has 4 nitrogen and oxygen atoms in total. The fourth-order valence-corrected chi connectivity index (χ4v) is 3.08. The van der Waals surface area contributed by atoms with Crippen LogP contribution in [0.1, 0.15) is 29.7 Å². The van der Waals surface area contributed by atoms with Crippen molar-refractivity contribution in [1.82, 2.24) is 9.97 Å². The highest BCUT2D eigenvalue weighted by Gasteiger charge is 2.24. The summed E-state index contributed by atoms with van der Waals surface area (Å²) in [7, 11) is 0. The molecule has 1 N–H and O–H groups in total. The number of aryl methyl sites for hydroxylation is 1. The lowest BCUT2D eigenvalue weighted by Gasteiger charge is -2.31. The van der Waals surface area contributed by atoms with E-state index < -0.39 is 0 Å². The van der Waals surface area contributed by atoms with Gasteiger partial charge in [0.2, 0.25) is 5.95 Å². The second-order valence-corrected chi connectivity index (χ2v) is 5.85. The average Bonchev–Trinajstić information content (AvgIpc) is 2.93. The second kappa shape index (κ2) is 5.11. The molecule has 0 radical (unpaired) electrons. The molecule has 0 amide bonds. The maximum absolute atomic E-state index is 9.18. The molecule has 0 atom stereocenters. The van der Waals surface area contributed by atoms with Gasteiger partial charge in [0.15, 0.2) is 0 Å². The average molecular weight is 281 g/mol. The molecular formula is C17H19N3O. The van der Waals surface area contributed by atoms with Crippen molar-refractivity contribution >= 4 is 5.95 Å². The van der Waals surface area contributed by atoms with Crippen molar-refractivity contribution in [3.05, 3.63) is 41.1 Å². The van der Waals surface area contributed by atoms with Gasteiger partial charge in [-0.1, -0.05) is 24.3 Å². The molecule has 1 aromatic heterocycles. The standard InChI is InChI=1S/C17H19N3O/c21-11-12-5-7-13(8-6-12)16-14-3-1-4-15(14)18-17(19-16)20-9-2-10-20/h5-8,21H,1-4,9-11H2. The van der Waals surface area contributed by atoms with Crippen LogP contribution in [-0.4, -0.2) is 28.2 Å². The minimum atomic E-state index is 0.0845. The third-order valence-electron chi connectivity index (χ3n) is 4.47. The Morgan fingerprint density at radius 3 is 2.48 bits per heavy atom. The largest absolute Gasteiger partial charge is 0.392 e. The van der Waals surface area contributed by atoms with Gasteiger partial charge in [0, 0.05) is 29.9 Å². The summed E-state index contributed by atoms with van der Waals surface area (Å²) < 4.78 is 0. The van der Waals surface area contributed by atoms with E-state index >= 15 is 0 Å². The normalized spacial score (nSPS) is 16.7. The maximum atomic E-state index is 9.18. The van der Waals surface area contributed by atoms with Crippen LogP contribution in [0.15, 0.2) is 24.3 Å². The quantitative estimate of drug-likeness (QED) is 0.938. The van der Waals surface area contributed by atoms with E-state index in [0.717, 1.165) is 48.7 Å². The van der Waals surface area contributed by atoms with E-state index in [1.54, 1.807) is 0 Å². The number of nitrogens with zero attached hydrogens (tertiary/aromatic N) is 3. The Balaban J connectivity index is 1.80. The molecule has 21 heavy (non-hydrogen) atoms. The smallest absolute Gasteiger partial charge is 0.226 e. The van der Waals surface area contributed by atoms with Crippen LogP contribution in [0.3, 0.4) is 0 Å². The Labute approximate surface area is 124 Å². The fraction of sp³-hybridized carbons (Fsp3) is 0.412. The topological polar surface area (TPSA) is 49.3 Å². The van der Waals surface area contributed by atoms with E-state index in [9.17, 15) is 5.11 Å². The number of aliphatic hydroxyl groups excluding tert-OH is 1. The number of fused-ring (bicyclic) bond motifs is 1. The molecule has 1 aliphatic carbocycles. The van der Waals surface area contributed by atoms with Crippen LogP contribution in [-0.2, 0) is 19.4 Å². The van der Waals surface area contributed by atoms with Crippen molar-refractivity contribution < 1.29 is 5.11 Å². The Morgan fingerprint density at radius 2 is 1.81 bits per heavy atom. The highest BCUT2D eigenvalue weighted by molar-refractivity contribution is 5.66. The summed E-state index contributed by atoms with van der Waals surface area (Å²) in [6.07, 6.45) is 4.56. The molecule has 4 rings (SSSR count). The predicted molar refractivity (Wildman–Crippen MR) is 82.2 cm³/mol. The SMILES string of the molecule is OCc1ccc(-c2nc(N3CCC3)nc3c2CCC3)cc1. The Morgan fingerprint density at radius 1 is 1.00 bits per heavy atom. The molecule has 0 unspecified atom stereocenters. The summed E-state index contributed by atoms with van der Waals surface area (Å²) in [6.45, 7) is 2.23. The zero-order valence-electron chi connectivity index (χ0n) is 12.0. The van der Waals surface area contributed by atoms with Crippen LogP contribution < -0.4 is 4.90 Å². The van der Waals surface area contributed by atoms with Crippen LogP contribution in [0, 0.1) is 0 Å². The first-order valence-electron chi connectivity index (χ1n) is 7.70. The summed E-state index contributed by atoms with van der Waals surface area (Å²) in [4.78, 5) is 11.9. The summed E-state index contributed by atoms with van der Waals surface area (Å²) in [5.41, 5.74) is 5.70. The molecule has 2 aliphatic rings. The maximum Gasteiger partial charge on any atom is 0.226 e. The lowest BCUT2D eigenvalue weighted by molar-refractivity contribution is 0.282. The van der Waals surface area contributed by atoms with E-state index in [2.05, 4.69) is 17.0 Å². The lowest BCUT2D eigenvalue weighted by atomic mass is 10.0. The monoisotopic (exact) mass is 281 g/mol. The number of rotatable bonds is 3. The van der Waals surface area contributed by atoms with Gasteiger partial charge in [-0.25, -0.2) is 9.97 Å². The first-order valence-corrected chi connectivity index (χ1v) is 7.70. The van der Waals surface area contributed by atoms with Gasteiger partial charge in [-0.2, -0.15) is 0 Å². The lowest BCUT2D eigenvalue weighted by Crippen LogP contribution is -2.38. The number of anilines is 1. The van der Waals surface area contributed by atoms with E-state index in [1.165, 1.54) is 24.1 Å². The fourth-order valence-electron chi connectivity index (χ4n) is 3.08. The van der Waals surface area contributed by atoms with Crippen molar-refractivity contribution in [3.8, 4) is 11.3 Å². The molecule has 1 fully saturated rings. The molecule has 108 valence electrons. The third kappa shape index (κ3) is 2.20. The minimum Gasteiger partial charge on any atom is -0.392 e. The highest BCUT2D eigenvalue weighted by atomic mass is 16.3. The summed E-state index contributed by atoms with van der Waals surface area (Å²) in [5.74, 6) is 0.892. The zero-order valence-corrected chi connectivity index (χ0v) is 12.0. The zero-order chi connectivity index (χ0) is 14.2. The first-order chi connectivity index (χ1) is 10.3. The molecule has 2 aromatic rings. The van der Waals surface area contributed by atoms with Crippen LogP contribution in [0.5, 0.6) is 0 Å². The molecule has 2 heterocycles. The van der Waals surface area contributed by atoms with Gasteiger partial charge in [-0.05, 0) is 31.2 Å². The molecule has 0 spiro atoms. The molecule has 0 saturated carbocycles. The van der Waals surface area contributed by atoms with E-state index in [4.69, 9.17) is 9.97 Å². The van der Waals surface area contributed by atoms with Gasteiger partial charge in [-0.15, -0.1) is 0 Å². The molecule has 1 aliphatic heterocycles. The van der Waals surface area contributed by atoms with Crippen LogP contribution in [0.25, 0.3) is 11.3 Å². The Bertz CT molecular complexity index is 662. The summed E-state index contributed by atoms with van der Waals surface area (Å²) >= 11 is 0.